The summed E-state index contributed by atoms with van der Waals surface area (Å²) in [4.78, 5) is 4.40. The summed E-state index contributed by atoms with van der Waals surface area (Å²) in [5.41, 5.74) is 4.83. The summed E-state index contributed by atoms with van der Waals surface area (Å²) >= 11 is 6.23. The van der Waals surface area contributed by atoms with Gasteiger partial charge >= 0.3 is 0 Å². The van der Waals surface area contributed by atoms with Gasteiger partial charge in [-0.05, 0) is 50.6 Å². The Morgan fingerprint density at radius 2 is 2.05 bits per heavy atom. The molecule has 0 saturated heterocycles. The van der Waals surface area contributed by atoms with Crippen molar-refractivity contribution in [3.63, 3.8) is 0 Å². The minimum atomic E-state index is 0.134. The molecule has 1 heterocycles. The van der Waals surface area contributed by atoms with E-state index in [4.69, 9.17) is 11.6 Å². The van der Waals surface area contributed by atoms with Crippen LogP contribution in [-0.4, -0.2) is 12.0 Å². The molecule has 1 unspecified atom stereocenters. The van der Waals surface area contributed by atoms with Crippen LogP contribution in [0.4, 0.5) is 0 Å². The zero-order valence-corrected chi connectivity index (χ0v) is 12.3. The lowest BCUT2D eigenvalue weighted by Crippen LogP contribution is -2.20. The number of hydrogen-bond donors (Lipinski definition) is 1. The molecule has 0 aliphatic carbocycles. The van der Waals surface area contributed by atoms with E-state index in [1.807, 2.05) is 19.2 Å². The quantitative estimate of drug-likeness (QED) is 0.916. The summed E-state index contributed by atoms with van der Waals surface area (Å²) in [5, 5.41) is 4.02. The second kappa shape index (κ2) is 6.18. The predicted octanol–water partition coefficient (Wildman–Crippen LogP) is 3.86. The van der Waals surface area contributed by atoms with E-state index >= 15 is 0 Å². The second-order valence-corrected chi connectivity index (χ2v) is 5.25. The lowest BCUT2D eigenvalue weighted by Gasteiger charge is -2.18. The molecule has 0 spiro atoms. The van der Waals surface area contributed by atoms with E-state index < -0.39 is 0 Å². The van der Waals surface area contributed by atoms with Gasteiger partial charge in [-0.15, -0.1) is 0 Å². The van der Waals surface area contributed by atoms with Crippen LogP contribution < -0.4 is 5.32 Å². The lowest BCUT2D eigenvalue weighted by atomic mass is 9.97. The highest BCUT2D eigenvalue weighted by Crippen LogP contribution is 2.24. The van der Waals surface area contributed by atoms with Crippen molar-refractivity contribution in [3.05, 3.63) is 63.9 Å². The first-order valence-corrected chi connectivity index (χ1v) is 6.83. The number of nitrogens with zero attached hydrogens (tertiary/aromatic N) is 1. The molecular weight excluding hydrogens is 256 g/mol. The van der Waals surface area contributed by atoms with Crippen LogP contribution in [0, 0.1) is 13.8 Å². The monoisotopic (exact) mass is 274 g/mol. The van der Waals surface area contributed by atoms with Gasteiger partial charge in [-0.25, -0.2) is 0 Å². The number of rotatable bonds is 4. The highest BCUT2D eigenvalue weighted by atomic mass is 35.5. The SMILES string of the molecule is CNC(Cc1cc(C)ccc1C)c1ncccc1Cl. The van der Waals surface area contributed by atoms with Gasteiger partial charge in [0.15, 0.2) is 0 Å². The summed E-state index contributed by atoms with van der Waals surface area (Å²) in [6, 6.07) is 10.4. The third-order valence-corrected chi connectivity index (χ3v) is 3.71. The zero-order valence-electron chi connectivity index (χ0n) is 11.6. The first kappa shape index (κ1) is 14.0. The molecule has 0 bridgehead atoms. The smallest absolute Gasteiger partial charge is 0.0762 e. The number of pyridine rings is 1. The van der Waals surface area contributed by atoms with E-state index in [1.165, 1.54) is 16.7 Å². The van der Waals surface area contributed by atoms with Crippen molar-refractivity contribution < 1.29 is 0 Å². The standard InChI is InChI=1S/C16H19ClN2/c1-11-6-7-12(2)13(9-11)10-15(18-3)16-14(17)5-4-8-19-16/h4-9,15,18H,10H2,1-3H3. The third kappa shape index (κ3) is 3.34. The largest absolute Gasteiger partial charge is 0.311 e. The van der Waals surface area contributed by atoms with Gasteiger partial charge in [0.2, 0.25) is 0 Å². The molecule has 1 N–H and O–H groups in total. The number of nitrogens with one attached hydrogen (secondary N) is 1. The Morgan fingerprint density at radius 3 is 2.74 bits per heavy atom. The summed E-state index contributed by atoms with van der Waals surface area (Å²) in [6.07, 6.45) is 2.68. The van der Waals surface area contributed by atoms with E-state index in [2.05, 4.69) is 42.3 Å². The van der Waals surface area contributed by atoms with Crippen LogP contribution >= 0.6 is 11.6 Å². The minimum absolute atomic E-state index is 0.134. The van der Waals surface area contributed by atoms with Crippen molar-refractivity contribution in [3.8, 4) is 0 Å². The molecule has 19 heavy (non-hydrogen) atoms. The molecule has 1 aromatic heterocycles. The Balaban J connectivity index is 2.29. The first-order chi connectivity index (χ1) is 9.11. The van der Waals surface area contributed by atoms with E-state index in [-0.39, 0.29) is 6.04 Å². The summed E-state index contributed by atoms with van der Waals surface area (Å²) in [5.74, 6) is 0. The van der Waals surface area contributed by atoms with Gasteiger partial charge < -0.3 is 5.32 Å². The molecular formula is C16H19ClN2. The van der Waals surface area contributed by atoms with Gasteiger partial charge in [0.05, 0.1) is 16.8 Å². The molecule has 0 aliphatic rings. The maximum Gasteiger partial charge on any atom is 0.0762 e. The highest BCUT2D eigenvalue weighted by Gasteiger charge is 2.15. The fourth-order valence-electron chi connectivity index (χ4n) is 2.23. The van der Waals surface area contributed by atoms with E-state index in [9.17, 15) is 0 Å². The summed E-state index contributed by atoms with van der Waals surface area (Å²) in [6.45, 7) is 4.26. The molecule has 3 heteroatoms. The van der Waals surface area contributed by atoms with Crippen LogP contribution in [0.5, 0.6) is 0 Å². The second-order valence-electron chi connectivity index (χ2n) is 4.85. The lowest BCUT2D eigenvalue weighted by molar-refractivity contribution is 0.575. The summed E-state index contributed by atoms with van der Waals surface area (Å²) in [7, 11) is 1.95. The van der Waals surface area contributed by atoms with Crippen LogP contribution in [0.2, 0.25) is 5.02 Å². The topological polar surface area (TPSA) is 24.9 Å². The van der Waals surface area contributed by atoms with E-state index in [0.29, 0.717) is 5.02 Å². The maximum atomic E-state index is 6.23. The highest BCUT2D eigenvalue weighted by molar-refractivity contribution is 6.31. The zero-order chi connectivity index (χ0) is 13.8. The number of aryl methyl sites for hydroxylation is 2. The normalized spacial score (nSPS) is 12.4. The molecule has 2 rings (SSSR count). The number of aromatic nitrogens is 1. The van der Waals surface area contributed by atoms with Crippen LogP contribution in [0.1, 0.15) is 28.4 Å². The van der Waals surface area contributed by atoms with E-state index in [1.54, 1.807) is 6.20 Å². The number of halogens is 1. The van der Waals surface area contributed by atoms with Crippen molar-refractivity contribution in [2.75, 3.05) is 7.05 Å². The molecule has 2 aromatic rings. The van der Waals surface area contributed by atoms with Crippen LogP contribution in [0.25, 0.3) is 0 Å². The van der Waals surface area contributed by atoms with Crippen LogP contribution in [0.3, 0.4) is 0 Å². The average Bonchev–Trinajstić information content (AvgIpc) is 2.41. The van der Waals surface area contributed by atoms with Crippen molar-refractivity contribution in [2.45, 2.75) is 26.3 Å². The Kier molecular flexibility index (Phi) is 4.56. The molecule has 0 aliphatic heterocycles. The Labute approximate surface area is 119 Å². The number of hydrogen-bond acceptors (Lipinski definition) is 2. The molecule has 2 nitrogen and oxygen atoms in total. The molecule has 1 atom stereocenters. The van der Waals surface area contributed by atoms with Crippen molar-refractivity contribution in [1.82, 2.24) is 10.3 Å². The van der Waals surface area contributed by atoms with Gasteiger partial charge in [0, 0.05) is 6.20 Å². The van der Waals surface area contributed by atoms with Gasteiger partial charge in [0.25, 0.3) is 0 Å². The van der Waals surface area contributed by atoms with Crippen LogP contribution in [0.15, 0.2) is 36.5 Å². The third-order valence-electron chi connectivity index (χ3n) is 3.39. The fraction of sp³-hybridized carbons (Fsp3) is 0.312. The Morgan fingerprint density at radius 1 is 1.26 bits per heavy atom. The van der Waals surface area contributed by atoms with Crippen molar-refractivity contribution >= 4 is 11.6 Å². The molecule has 0 amide bonds. The number of likely N-dealkylation sites (N-methyl/N-ethyl adjacent to an activating group) is 1. The predicted molar refractivity (Wildman–Crippen MR) is 80.7 cm³/mol. The van der Waals surface area contributed by atoms with E-state index in [0.717, 1.165) is 12.1 Å². The molecule has 100 valence electrons. The fourth-order valence-corrected chi connectivity index (χ4v) is 2.48. The van der Waals surface area contributed by atoms with Gasteiger partial charge in [-0.3, -0.25) is 4.98 Å². The summed E-state index contributed by atoms with van der Waals surface area (Å²) < 4.78 is 0. The minimum Gasteiger partial charge on any atom is -0.311 e. The van der Waals surface area contributed by atoms with Gasteiger partial charge in [-0.1, -0.05) is 35.4 Å². The average molecular weight is 275 g/mol. The number of benzene rings is 1. The van der Waals surface area contributed by atoms with Crippen molar-refractivity contribution in [2.24, 2.45) is 0 Å². The Hall–Kier alpha value is -1.38. The van der Waals surface area contributed by atoms with Gasteiger partial charge in [-0.2, -0.15) is 0 Å². The Bertz CT molecular complexity index is 566. The van der Waals surface area contributed by atoms with Crippen molar-refractivity contribution in [1.29, 1.82) is 0 Å². The maximum absolute atomic E-state index is 6.23. The molecule has 1 aromatic carbocycles. The molecule has 0 fully saturated rings. The van der Waals surface area contributed by atoms with Gasteiger partial charge in [0.1, 0.15) is 0 Å². The first-order valence-electron chi connectivity index (χ1n) is 6.45. The van der Waals surface area contributed by atoms with Crippen LogP contribution in [-0.2, 0) is 6.42 Å². The molecule has 0 saturated carbocycles. The molecule has 0 radical (unpaired) electrons.